The summed E-state index contributed by atoms with van der Waals surface area (Å²) in [5, 5.41) is 10.6. The number of fused-ring (bicyclic) bond motifs is 2. The summed E-state index contributed by atoms with van der Waals surface area (Å²) in [6.45, 7) is 4.39. The third kappa shape index (κ3) is 4.78. The van der Waals surface area contributed by atoms with Crippen molar-refractivity contribution in [3.63, 3.8) is 0 Å². The second-order valence-corrected chi connectivity index (χ2v) is 12.3. The summed E-state index contributed by atoms with van der Waals surface area (Å²) >= 11 is 0. The van der Waals surface area contributed by atoms with Crippen molar-refractivity contribution in [2.45, 2.75) is 45.6 Å². The summed E-state index contributed by atoms with van der Waals surface area (Å²) in [5.74, 6) is -0.0402. The second kappa shape index (κ2) is 10.9. The molecule has 5 aromatic rings. The zero-order valence-corrected chi connectivity index (χ0v) is 25.2. The summed E-state index contributed by atoms with van der Waals surface area (Å²) in [7, 11) is 3.53. The molecular weight excluding hydrogens is 562 g/mol. The van der Waals surface area contributed by atoms with Crippen molar-refractivity contribution >= 4 is 27.8 Å². The lowest BCUT2D eigenvalue weighted by atomic mass is 9.95. The molecule has 0 unspecified atom stereocenters. The number of aryl methyl sites for hydroxylation is 1. The molecule has 44 heavy (non-hydrogen) atoms. The molecule has 7 rings (SSSR count). The van der Waals surface area contributed by atoms with Gasteiger partial charge in [-0.15, -0.1) is 0 Å². The van der Waals surface area contributed by atoms with Crippen molar-refractivity contribution < 1.29 is 23.4 Å². The number of amides is 1. The summed E-state index contributed by atoms with van der Waals surface area (Å²) in [6.07, 6.45) is 5.41. The number of methoxy groups -OCH3 is 1. The van der Waals surface area contributed by atoms with Crippen molar-refractivity contribution in [2.75, 3.05) is 20.2 Å². The van der Waals surface area contributed by atoms with E-state index < -0.39 is 17.4 Å². The van der Waals surface area contributed by atoms with Crippen LogP contribution in [0.15, 0.2) is 48.5 Å². The number of phenols is 1. The van der Waals surface area contributed by atoms with Crippen LogP contribution in [-0.2, 0) is 13.6 Å². The van der Waals surface area contributed by atoms with E-state index in [4.69, 9.17) is 9.72 Å². The van der Waals surface area contributed by atoms with Crippen molar-refractivity contribution in [1.82, 2.24) is 19.0 Å². The van der Waals surface area contributed by atoms with Gasteiger partial charge < -0.3 is 23.9 Å². The highest BCUT2D eigenvalue weighted by atomic mass is 19.1. The third-order valence-corrected chi connectivity index (χ3v) is 9.40. The van der Waals surface area contributed by atoms with Gasteiger partial charge in [-0.2, -0.15) is 0 Å². The van der Waals surface area contributed by atoms with E-state index in [1.807, 2.05) is 46.8 Å². The fourth-order valence-electron chi connectivity index (χ4n) is 6.80. The average molecular weight is 599 g/mol. The van der Waals surface area contributed by atoms with Gasteiger partial charge in [-0.25, -0.2) is 13.8 Å². The lowest BCUT2D eigenvalue weighted by Crippen LogP contribution is -2.39. The fourth-order valence-corrected chi connectivity index (χ4v) is 6.80. The zero-order valence-electron chi connectivity index (χ0n) is 25.2. The molecule has 0 spiro atoms. The minimum atomic E-state index is -0.874. The van der Waals surface area contributed by atoms with E-state index in [0.717, 1.165) is 79.4 Å². The Balaban J connectivity index is 1.39. The van der Waals surface area contributed by atoms with Crippen molar-refractivity contribution in [2.24, 2.45) is 18.9 Å². The normalized spacial score (nSPS) is 17.1. The van der Waals surface area contributed by atoms with Crippen LogP contribution in [0.25, 0.3) is 44.6 Å². The number of aromatic hydroxyl groups is 1. The van der Waals surface area contributed by atoms with Gasteiger partial charge in [0.25, 0.3) is 5.91 Å². The van der Waals surface area contributed by atoms with Crippen LogP contribution >= 0.6 is 0 Å². The number of hydrogen-bond donors (Lipinski definition) is 1. The summed E-state index contributed by atoms with van der Waals surface area (Å²) in [6, 6.07) is 13.1. The number of ether oxygens (including phenoxy) is 1. The average Bonchev–Trinajstić information content (AvgIpc) is 3.70. The predicted molar refractivity (Wildman–Crippen MR) is 167 cm³/mol. The Bertz CT molecular complexity index is 1920. The quantitative estimate of drug-likeness (QED) is 0.210. The number of imidazole rings is 1. The summed E-state index contributed by atoms with van der Waals surface area (Å²) in [5.41, 5.74) is 4.25. The zero-order chi connectivity index (χ0) is 30.7. The number of phenolic OH excluding ortho intramolecular Hbond substituents is 1. The van der Waals surface area contributed by atoms with Gasteiger partial charge in [0, 0.05) is 54.8 Å². The molecule has 1 N–H and O–H groups in total. The molecule has 1 aliphatic carbocycles. The molecule has 1 saturated carbocycles. The maximum absolute atomic E-state index is 15.1. The number of benzene rings is 3. The van der Waals surface area contributed by atoms with Crippen LogP contribution < -0.4 is 4.74 Å². The number of para-hydroxylation sites is 1. The molecular formula is C35H36F2N4O3. The molecule has 3 aromatic carbocycles. The van der Waals surface area contributed by atoms with E-state index in [-0.39, 0.29) is 11.5 Å². The SMILES string of the molecule is CC[C@@H]1CCCN(C(=O)c2cc(OC)c3c(c2)nc(-c2cc4cccc(-c5cc(F)c(O)cc5F)c4n2CC2CC2)n3C)C1. The van der Waals surface area contributed by atoms with Gasteiger partial charge in [0.05, 0.1) is 23.8 Å². The number of nitrogens with zero attached hydrogens (tertiary/aromatic N) is 4. The molecule has 0 bridgehead atoms. The smallest absolute Gasteiger partial charge is 0.254 e. The molecule has 2 fully saturated rings. The standard InChI is InChI=1S/C35H36F2N4O3/c1-4-20-7-6-12-40(18-20)35(43)23-13-28-33(31(15-23)44-3)39(2)34(38-28)29-14-22-8-5-9-24(32(22)41(29)19-21-10-11-21)25-16-27(37)30(42)17-26(25)36/h5,8-9,13-17,20-21,42H,4,6-7,10-12,18-19H2,1-3H3/t20-/m1/s1. The first-order chi connectivity index (χ1) is 21.3. The highest BCUT2D eigenvalue weighted by molar-refractivity contribution is 6.01. The first-order valence-electron chi connectivity index (χ1n) is 15.4. The van der Waals surface area contributed by atoms with Gasteiger partial charge in [-0.1, -0.05) is 31.5 Å². The van der Waals surface area contributed by atoms with Crippen LogP contribution in [0.5, 0.6) is 11.5 Å². The van der Waals surface area contributed by atoms with Crippen molar-refractivity contribution in [3.05, 3.63) is 65.7 Å². The Hall–Kier alpha value is -4.40. The molecule has 9 heteroatoms. The molecule has 1 amide bonds. The van der Waals surface area contributed by atoms with Crippen molar-refractivity contribution in [3.8, 4) is 34.1 Å². The van der Waals surface area contributed by atoms with Crippen LogP contribution in [0, 0.1) is 23.5 Å². The Labute approximate surface area is 254 Å². The molecule has 2 aliphatic rings. The monoisotopic (exact) mass is 598 g/mol. The molecule has 1 aliphatic heterocycles. The van der Waals surface area contributed by atoms with E-state index in [1.54, 1.807) is 13.2 Å². The molecule has 2 aromatic heterocycles. The topological polar surface area (TPSA) is 72.5 Å². The van der Waals surface area contributed by atoms with Crippen molar-refractivity contribution in [1.29, 1.82) is 0 Å². The number of likely N-dealkylation sites (tertiary alicyclic amines) is 1. The van der Waals surface area contributed by atoms with Gasteiger partial charge in [0.2, 0.25) is 0 Å². The van der Waals surface area contributed by atoms with Gasteiger partial charge in [0.1, 0.15) is 17.1 Å². The largest absolute Gasteiger partial charge is 0.505 e. The molecule has 7 nitrogen and oxygen atoms in total. The highest BCUT2D eigenvalue weighted by Crippen LogP contribution is 2.41. The number of aromatic nitrogens is 3. The molecule has 1 saturated heterocycles. The highest BCUT2D eigenvalue weighted by Gasteiger charge is 2.29. The van der Waals surface area contributed by atoms with Crippen LogP contribution in [0.3, 0.4) is 0 Å². The number of rotatable bonds is 7. The Morgan fingerprint density at radius 2 is 1.84 bits per heavy atom. The van der Waals surface area contributed by atoms with E-state index in [1.165, 1.54) is 0 Å². The van der Waals surface area contributed by atoms with Crippen LogP contribution in [0.1, 0.15) is 49.4 Å². The lowest BCUT2D eigenvalue weighted by Gasteiger charge is -2.32. The van der Waals surface area contributed by atoms with Crippen LogP contribution in [-0.4, -0.2) is 50.2 Å². The second-order valence-electron chi connectivity index (χ2n) is 12.3. The van der Waals surface area contributed by atoms with E-state index in [9.17, 15) is 14.3 Å². The first kappa shape index (κ1) is 28.4. The number of hydrogen-bond acceptors (Lipinski definition) is 4. The third-order valence-electron chi connectivity index (χ3n) is 9.40. The Kier molecular flexibility index (Phi) is 7.06. The Morgan fingerprint density at radius 3 is 2.59 bits per heavy atom. The molecule has 228 valence electrons. The number of carbonyl (C=O) groups is 1. The summed E-state index contributed by atoms with van der Waals surface area (Å²) < 4.78 is 39.6. The number of carbonyl (C=O) groups excluding carboxylic acids is 1. The minimum absolute atomic E-state index is 0.00815. The summed E-state index contributed by atoms with van der Waals surface area (Å²) in [4.78, 5) is 20.6. The number of halogens is 2. The van der Waals surface area contributed by atoms with E-state index in [2.05, 4.69) is 11.5 Å². The van der Waals surface area contributed by atoms with Crippen LogP contribution in [0.4, 0.5) is 8.78 Å². The molecule has 0 radical (unpaired) electrons. The maximum atomic E-state index is 15.1. The minimum Gasteiger partial charge on any atom is -0.505 e. The van der Waals surface area contributed by atoms with Gasteiger partial charge in [0.15, 0.2) is 17.4 Å². The molecule has 3 heterocycles. The van der Waals surface area contributed by atoms with Gasteiger partial charge >= 0.3 is 0 Å². The van der Waals surface area contributed by atoms with Gasteiger partial charge in [-0.3, -0.25) is 4.79 Å². The maximum Gasteiger partial charge on any atom is 0.254 e. The van der Waals surface area contributed by atoms with E-state index >= 15 is 4.39 Å². The first-order valence-corrected chi connectivity index (χ1v) is 15.4. The van der Waals surface area contributed by atoms with E-state index in [0.29, 0.717) is 46.6 Å². The Morgan fingerprint density at radius 1 is 1.02 bits per heavy atom. The molecule has 1 atom stereocenters. The lowest BCUT2D eigenvalue weighted by molar-refractivity contribution is 0.0671. The van der Waals surface area contributed by atoms with Crippen LogP contribution in [0.2, 0.25) is 0 Å². The predicted octanol–water partition coefficient (Wildman–Crippen LogP) is 7.53. The number of piperidine rings is 1. The van der Waals surface area contributed by atoms with Gasteiger partial charge in [-0.05, 0) is 61.8 Å². The fraction of sp³-hybridized carbons (Fsp3) is 0.371.